The van der Waals surface area contributed by atoms with Crippen LogP contribution in [0.3, 0.4) is 0 Å². The Balaban J connectivity index is 2.02. The highest BCUT2D eigenvalue weighted by Crippen LogP contribution is 2.32. The van der Waals surface area contributed by atoms with Crippen molar-refractivity contribution < 1.29 is 4.79 Å². The quantitative estimate of drug-likeness (QED) is 0.841. The first kappa shape index (κ1) is 14.4. The maximum atomic E-state index is 12.2. The van der Waals surface area contributed by atoms with Gasteiger partial charge in [-0.2, -0.15) is 0 Å². The molecule has 1 fully saturated rings. The van der Waals surface area contributed by atoms with Gasteiger partial charge in [0, 0.05) is 11.6 Å². The first-order valence-electron chi connectivity index (χ1n) is 6.98. The summed E-state index contributed by atoms with van der Waals surface area (Å²) in [4.78, 5) is 14.2. The van der Waals surface area contributed by atoms with E-state index in [-0.39, 0.29) is 11.9 Å². The number of likely N-dealkylation sites (tertiary alicyclic amines) is 1. The van der Waals surface area contributed by atoms with Crippen molar-refractivity contribution in [3.63, 3.8) is 0 Å². The molecule has 0 bridgehead atoms. The predicted octanol–water partition coefficient (Wildman–Crippen LogP) is 3.00. The molecule has 1 N–H and O–H groups in total. The molecule has 0 saturated carbocycles. The number of nitrogens with one attached hydrogen (secondary N) is 1. The Kier molecular flexibility index (Phi) is 5.23. The van der Waals surface area contributed by atoms with Crippen molar-refractivity contribution in [3.8, 4) is 0 Å². The summed E-state index contributed by atoms with van der Waals surface area (Å²) in [6.45, 7) is 4.28. The van der Waals surface area contributed by atoms with Crippen LogP contribution in [0.15, 0.2) is 24.3 Å². The number of hydrogen-bond donors (Lipinski definition) is 1. The molecule has 104 valence electrons. The first-order valence-corrected chi connectivity index (χ1v) is 7.36. The summed E-state index contributed by atoms with van der Waals surface area (Å²) in [7, 11) is 0. The molecule has 1 unspecified atom stereocenters. The van der Waals surface area contributed by atoms with E-state index >= 15 is 0 Å². The van der Waals surface area contributed by atoms with E-state index in [4.69, 9.17) is 11.6 Å². The molecule has 0 radical (unpaired) electrons. The minimum absolute atomic E-state index is 0.189. The van der Waals surface area contributed by atoms with Crippen molar-refractivity contribution in [1.82, 2.24) is 10.2 Å². The third-order valence-electron chi connectivity index (χ3n) is 3.51. The lowest BCUT2D eigenvalue weighted by Crippen LogP contribution is -2.38. The summed E-state index contributed by atoms with van der Waals surface area (Å²) < 4.78 is 0. The first-order chi connectivity index (χ1) is 9.22. The van der Waals surface area contributed by atoms with E-state index in [1.54, 1.807) is 0 Å². The topological polar surface area (TPSA) is 32.3 Å². The van der Waals surface area contributed by atoms with Gasteiger partial charge < -0.3 is 10.2 Å². The van der Waals surface area contributed by atoms with Gasteiger partial charge in [-0.3, -0.25) is 4.79 Å². The van der Waals surface area contributed by atoms with Crippen LogP contribution in [0.2, 0.25) is 5.02 Å². The van der Waals surface area contributed by atoms with Crippen molar-refractivity contribution >= 4 is 17.5 Å². The molecule has 1 saturated heterocycles. The summed E-state index contributed by atoms with van der Waals surface area (Å²) in [5.74, 6) is 0.191. The van der Waals surface area contributed by atoms with E-state index in [2.05, 4.69) is 18.3 Å². The van der Waals surface area contributed by atoms with Crippen molar-refractivity contribution in [2.24, 2.45) is 0 Å². The zero-order valence-electron chi connectivity index (χ0n) is 11.4. The molecule has 0 aromatic heterocycles. The molecule has 3 nitrogen and oxygen atoms in total. The van der Waals surface area contributed by atoms with Crippen LogP contribution >= 0.6 is 11.6 Å². The van der Waals surface area contributed by atoms with E-state index in [9.17, 15) is 4.79 Å². The third kappa shape index (κ3) is 3.71. The van der Waals surface area contributed by atoms with Gasteiger partial charge in [-0.1, -0.05) is 30.7 Å². The van der Waals surface area contributed by atoms with Crippen molar-refractivity contribution in [1.29, 1.82) is 0 Å². The monoisotopic (exact) mass is 280 g/mol. The third-order valence-corrected chi connectivity index (χ3v) is 3.74. The van der Waals surface area contributed by atoms with Gasteiger partial charge in [-0.25, -0.2) is 0 Å². The Bertz CT molecular complexity index is 436. The van der Waals surface area contributed by atoms with Crippen LogP contribution in [-0.4, -0.2) is 30.4 Å². The molecular formula is C15H21ClN2O. The Hall–Kier alpha value is -1.06. The minimum atomic E-state index is 0.189. The fourth-order valence-corrected chi connectivity index (χ4v) is 2.80. The molecular weight excluding hydrogens is 260 g/mol. The largest absolute Gasteiger partial charge is 0.335 e. The van der Waals surface area contributed by atoms with E-state index in [0.717, 1.165) is 42.9 Å². The zero-order valence-corrected chi connectivity index (χ0v) is 12.1. The number of nitrogens with zero attached hydrogens (tertiary/aromatic N) is 1. The zero-order chi connectivity index (χ0) is 13.7. The second kappa shape index (κ2) is 6.92. The van der Waals surface area contributed by atoms with E-state index in [0.29, 0.717) is 6.54 Å². The molecule has 2 rings (SSSR count). The van der Waals surface area contributed by atoms with Gasteiger partial charge in [0.2, 0.25) is 5.91 Å². The molecule has 1 atom stereocenters. The van der Waals surface area contributed by atoms with Crippen molar-refractivity contribution in [2.75, 3.05) is 19.6 Å². The highest BCUT2D eigenvalue weighted by atomic mass is 35.5. The second-order valence-corrected chi connectivity index (χ2v) is 5.41. The maximum Gasteiger partial charge on any atom is 0.237 e. The Labute approximate surface area is 119 Å². The van der Waals surface area contributed by atoms with Crippen molar-refractivity contribution in [3.05, 3.63) is 34.9 Å². The van der Waals surface area contributed by atoms with Crippen LogP contribution in [0.4, 0.5) is 0 Å². The lowest BCUT2D eigenvalue weighted by atomic mass is 10.0. The summed E-state index contributed by atoms with van der Waals surface area (Å²) in [6.07, 6.45) is 3.14. The van der Waals surface area contributed by atoms with Crippen LogP contribution in [0.25, 0.3) is 0 Å². The normalized spacial score (nSPS) is 18.8. The fourth-order valence-electron chi connectivity index (χ4n) is 2.60. The number of benzene rings is 1. The smallest absolute Gasteiger partial charge is 0.237 e. The summed E-state index contributed by atoms with van der Waals surface area (Å²) in [5, 5.41) is 3.91. The van der Waals surface area contributed by atoms with Crippen LogP contribution in [0.1, 0.15) is 37.8 Å². The van der Waals surface area contributed by atoms with Crippen molar-refractivity contribution in [2.45, 2.75) is 32.2 Å². The number of halogens is 1. The average Bonchev–Trinajstić information content (AvgIpc) is 2.88. The number of carbonyl (C=O) groups excluding carboxylic acids is 1. The fraction of sp³-hybridized carbons (Fsp3) is 0.533. The van der Waals surface area contributed by atoms with Gasteiger partial charge in [-0.15, -0.1) is 0 Å². The second-order valence-electron chi connectivity index (χ2n) is 4.98. The highest BCUT2D eigenvalue weighted by Gasteiger charge is 2.29. The minimum Gasteiger partial charge on any atom is -0.335 e. The highest BCUT2D eigenvalue weighted by molar-refractivity contribution is 6.30. The molecule has 1 aliphatic heterocycles. The molecule has 19 heavy (non-hydrogen) atoms. The predicted molar refractivity (Wildman–Crippen MR) is 78.3 cm³/mol. The number of carbonyl (C=O) groups is 1. The maximum absolute atomic E-state index is 12.2. The molecule has 0 aliphatic carbocycles. The van der Waals surface area contributed by atoms with Crippen LogP contribution in [0.5, 0.6) is 0 Å². The molecule has 1 amide bonds. The van der Waals surface area contributed by atoms with Crippen LogP contribution < -0.4 is 5.32 Å². The molecule has 0 spiro atoms. The Morgan fingerprint density at radius 3 is 3.11 bits per heavy atom. The van der Waals surface area contributed by atoms with Crippen LogP contribution in [0, 0.1) is 0 Å². The van der Waals surface area contributed by atoms with Gasteiger partial charge in [0.05, 0.1) is 12.6 Å². The Morgan fingerprint density at radius 2 is 2.37 bits per heavy atom. The average molecular weight is 281 g/mol. The lowest BCUT2D eigenvalue weighted by Gasteiger charge is -2.25. The summed E-state index contributed by atoms with van der Waals surface area (Å²) >= 11 is 6.04. The number of hydrogen-bond acceptors (Lipinski definition) is 2. The van der Waals surface area contributed by atoms with Gasteiger partial charge in [-0.05, 0) is 43.5 Å². The Morgan fingerprint density at radius 1 is 1.53 bits per heavy atom. The standard InChI is InChI=1S/C15H21ClN2O/c1-2-8-17-11-15(19)18-9-4-7-14(18)12-5-3-6-13(16)10-12/h3,5-6,10,14,17H,2,4,7-9,11H2,1H3. The molecule has 1 aromatic rings. The SMILES string of the molecule is CCCNCC(=O)N1CCCC1c1cccc(Cl)c1. The van der Waals surface area contributed by atoms with E-state index < -0.39 is 0 Å². The molecule has 1 aliphatic rings. The molecule has 4 heteroatoms. The molecule has 1 heterocycles. The van der Waals surface area contributed by atoms with Gasteiger partial charge >= 0.3 is 0 Å². The lowest BCUT2D eigenvalue weighted by molar-refractivity contribution is -0.131. The van der Waals surface area contributed by atoms with Gasteiger partial charge in [0.1, 0.15) is 0 Å². The van der Waals surface area contributed by atoms with E-state index in [1.807, 2.05) is 23.1 Å². The molecule has 1 aromatic carbocycles. The van der Waals surface area contributed by atoms with Gasteiger partial charge in [0.25, 0.3) is 0 Å². The van der Waals surface area contributed by atoms with Gasteiger partial charge in [0.15, 0.2) is 0 Å². The summed E-state index contributed by atoms with van der Waals surface area (Å²) in [5.41, 5.74) is 1.15. The number of amides is 1. The number of rotatable bonds is 5. The summed E-state index contributed by atoms with van der Waals surface area (Å²) in [6, 6.07) is 8.04. The van der Waals surface area contributed by atoms with Crippen LogP contribution in [-0.2, 0) is 4.79 Å². The van der Waals surface area contributed by atoms with E-state index in [1.165, 1.54) is 0 Å².